The lowest BCUT2D eigenvalue weighted by molar-refractivity contribution is -0.115. The summed E-state index contributed by atoms with van der Waals surface area (Å²) in [4.78, 5) is 39.5. The van der Waals surface area contributed by atoms with Gasteiger partial charge in [0.2, 0.25) is 5.91 Å². The Balaban J connectivity index is 1.49. The van der Waals surface area contributed by atoms with Crippen LogP contribution in [-0.2, 0) is 17.8 Å². The van der Waals surface area contributed by atoms with E-state index in [1.807, 2.05) is 6.92 Å². The van der Waals surface area contributed by atoms with Crippen LogP contribution < -0.4 is 10.1 Å². The standard InChI is InChI=1S/C22H21F2N5O4/c1-12-5-17(26-7-18(12)33-10-19(23)24)13(2)29-8-16-15(22(29)31)3-4-25-21(16)28-20(30)6-14-9-32-11-27-14/h3-5,7,9,11,13,19H,6,8,10H2,1-2H3,(H,25,28,30). The molecule has 1 aliphatic rings. The van der Waals surface area contributed by atoms with Crippen LogP contribution in [0.5, 0.6) is 5.75 Å². The number of hydrogen-bond donors (Lipinski definition) is 1. The highest BCUT2D eigenvalue weighted by Crippen LogP contribution is 2.34. The number of carbonyl (C=O) groups is 2. The van der Waals surface area contributed by atoms with Crippen molar-refractivity contribution < 1.29 is 27.5 Å². The van der Waals surface area contributed by atoms with Crippen LogP contribution in [-0.4, -0.2) is 44.7 Å². The lowest BCUT2D eigenvalue weighted by atomic mass is 10.1. The number of ether oxygens (including phenoxy) is 1. The van der Waals surface area contributed by atoms with Crippen LogP contribution in [0.1, 0.15) is 45.8 Å². The van der Waals surface area contributed by atoms with Gasteiger partial charge in [-0.2, -0.15) is 0 Å². The highest BCUT2D eigenvalue weighted by molar-refractivity contribution is 6.01. The van der Waals surface area contributed by atoms with Crippen LogP contribution in [0.3, 0.4) is 0 Å². The Kier molecular flexibility index (Phi) is 6.29. The summed E-state index contributed by atoms with van der Waals surface area (Å²) in [5, 5.41) is 2.74. The van der Waals surface area contributed by atoms with Gasteiger partial charge < -0.3 is 19.4 Å². The molecule has 2 amide bonds. The van der Waals surface area contributed by atoms with Gasteiger partial charge in [-0.15, -0.1) is 0 Å². The molecule has 0 fully saturated rings. The average molecular weight is 457 g/mol. The van der Waals surface area contributed by atoms with Crippen molar-refractivity contribution in [1.29, 1.82) is 0 Å². The number of aryl methyl sites for hydroxylation is 1. The molecule has 1 atom stereocenters. The van der Waals surface area contributed by atoms with Crippen LogP contribution >= 0.6 is 0 Å². The minimum absolute atomic E-state index is 0.0130. The van der Waals surface area contributed by atoms with E-state index in [1.165, 1.54) is 25.1 Å². The topological polar surface area (TPSA) is 110 Å². The summed E-state index contributed by atoms with van der Waals surface area (Å²) >= 11 is 0. The van der Waals surface area contributed by atoms with E-state index < -0.39 is 19.1 Å². The largest absolute Gasteiger partial charge is 0.486 e. The van der Waals surface area contributed by atoms with Gasteiger partial charge in [-0.3, -0.25) is 14.6 Å². The smallest absolute Gasteiger partial charge is 0.272 e. The Morgan fingerprint density at radius 1 is 1.33 bits per heavy atom. The Morgan fingerprint density at radius 3 is 2.85 bits per heavy atom. The molecule has 1 N–H and O–H groups in total. The van der Waals surface area contributed by atoms with Crippen LogP contribution in [0.25, 0.3) is 0 Å². The van der Waals surface area contributed by atoms with Crippen molar-refractivity contribution in [3.63, 3.8) is 0 Å². The van der Waals surface area contributed by atoms with Gasteiger partial charge in [0.05, 0.1) is 36.6 Å². The number of anilines is 1. The Hall–Kier alpha value is -3.89. The first-order chi connectivity index (χ1) is 15.8. The molecule has 0 saturated carbocycles. The highest BCUT2D eigenvalue weighted by atomic mass is 19.3. The number of fused-ring (bicyclic) bond motifs is 1. The second kappa shape index (κ2) is 9.31. The van der Waals surface area contributed by atoms with E-state index in [-0.39, 0.29) is 30.5 Å². The molecule has 3 aromatic rings. The maximum atomic E-state index is 13.1. The van der Waals surface area contributed by atoms with E-state index in [0.29, 0.717) is 33.9 Å². The molecule has 0 saturated heterocycles. The predicted molar refractivity (Wildman–Crippen MR) is 112 cm³/mol. The zero-order valence-corrected chi connectivity index (χ0v) is 17.9. The molecule has 4 heterocycles. The summed E-state index contributed by atoms with van der Waals surface area (Å²) < 4.78 is 34.8. The average Bonchev–Trinajstić information content (AvgIpc) is 3.40. The number of pyridine rings is 2. The van der Waals surface area contributed by atoms with Gasteiger partial charge in [-0.25, -0.2) is 18.7 Å². The van der Waals surface area contributed by atoms with E-state index >= 15 is 0 Å². The van der Waals surface area contributed by atoms with Crippen molar-refractivity contribution in [3.8, 4) is 5.75 Å². The summed E-state index contributed by atoms with van der Waals surface area (Å²) in [7, 11) is 0. The van der Waals surface area contributed by atoms with Gasteiger partial charge in [-0.1, -0.05) is 0 Å². The second-order valence-electron chi connectivity index (χ2n) is 7.58. The third kappa shape index (κ3) is 4.81. The Labute approximate surface area is 187 Å². The molecule has 11 heteroatoms. The summed E-state index contributed by atoms with van der Waals surface area (Å²) in [5.74, 6) is 0.0253. The first-order valence-corrected chi connectivity index (χ1v) is 10.2. The van der Waals surface area contributed by atoms with Gasteiger partial charge >= 0.3 is 0 Å². The number of hydrogen-bond acceptors (Lipinski definition) is 7. The van der Waals surface area contributed by atoms with Crippen molar-refractivity contribution in [1.82, 2.24) is 19.9 Å². The van der Waals surface area contributed by atoms with E-state index in [9.17, 15) is 18.4 Å². The van der Waals surface area contributed by atoms with E-state index in [4.69, 9.17) is 9.15 Å². The van der Waals surface area contributed by atoms with Crippen LogP contribution in [0.4, 0.5) is 14.6 Å². The molecule has 0 bridgehead atoms. The van der Waals surface area contributed by atoms with Gasteiger partial charge in [-0.05, 0) is 31.5 Å². The van der Waals surface area contributed by atoms with Crippen molar-refractivity contribution >= 4 is 17.6 Å². The summed E-state index contributed by atoms with van der Waals surface area (Å²) in [6.45, 7) is 3.07. The fourth-order valence-electron chi connectivity index (χ4n) is 3.59. The molecule has 1 unspecified atom stereocenters. The first kappa shape index (κ1) is 22.3. The maximum Gasteiger partial charge on any atom is 0.272 e. The number of nitrogens with zero attached hydrogens (tertiary/aromatic N) is 4. The number of aromatic nitrogens is 3. The molecule has 0 radical (unpaired) electrons. The number of rotatable bonds is 8. The zero-order valence-electron chi connectivity index (χ0n) is 17.9. The number of carbonyl (C=O) groups excluding carboxylic acids is 2. The number of halogens is 2. The third-order valence-corrected chi connectivity index (χ3v) is 5.30. The third-order valence-electron chi connectivity index (χ3n) is 5.30. The highest BCUT2D eigenvalue weighted by Gasteiger charge is 2.34. The molecule has 4 rings (SSSR count). The fraction of sp³-hybridized carbons (Fsp3) is 0.318. The van der Waals surface area contributed by atoms with Gasteiger partial charge in [0.1, 0.15) is 24.4 Å². The monoisotopic (exact) mass is 457 g/mol. The number of alkyl halides is 2. The fourth-order valence-corrected chi connectivity index (χ4v) is 3.59. The first-order valence-electron chi connectivity index (χ1n) is 10.2. The van der Waals surface area contributed by atoms with Crippen molar-refractivity contribution in [2.75, 3.05) is 11.9 Å². The quantitative estimate of drug-likeness (QED) is 0.552. The van der Waals surface area contributed by atoms with Gasteiger partial charge in [0.15, 0.2) is 6.39 Å². The van der Waals surface area contributed by atoms with Gasteiger partial charge in [0, 0.05) is 17.3 Å². The lowest BCUT2D eigenvalue weighted by Crippen LogP contribution is -2.28. The summed E-state index contributed by atoms with van der Waals surface area (Å²) in [6, 6.07) is 2.91. The van der Waals surface area contributed by atoms with Crippen molar-refractivity contribution in [3.05, 3.63) is 65.3 Å². The van der Waals surface area contributed by atoms with Crippen LogP contribution in [0.2, 0.25) is 0 Å². The van der Waals surface area contributed by atoms with Crippen LogP contribution in [0.15, 0.2) is 41.6 Å². The van der Waals surface area contributed by atoms with Crippen molar-refractivity contribution in [2.45, 2.75) is 39.3 Å². The van der Waals surface area contributed by atoms with Crippen molar-refractivity contribution in [2.24, 2.45) is 0 Å². The lowest BCUT2D eigenvalue weighted by Gasteiger charge is -2.24. The van der Waals surface area contributed by atoms with Gasteiger partial charge in [0.25, 0.3) is 12.3 Å². The predicted octanol–water partition coefficient (Wildman–Crippen LogP) is 3.32. The summed E-state index contributed by atoms with van der Waals surface area (Å²) in [6.07, 6.45) is 2.91. The minimum atomic E-state index is -2.58. The molecule has 1 aliphatic heterocycles. The van der Waals surface area contributed by atoms with E-state index in [0.717, 1.165) is 0 Å². The molecule has 0 aliphatic carbocycles. The molecular weight excluding hydrogens is 436 g/mol. The molecule has 3 aromatic heterocycles. The second-order valence-corrected chi connectivity index (χ2v) is 7.58. The number of nitrogens with one attached hydrogen (secondary N) is 1. The summed E-state index contributed by atoms with van der Waals surface area (Å²) in [5.41, 5.74) is 2.76. The Morgan fingerprint density at radius 2 is 2.15 bits per heavy atom. The molecule has 9 nitrogen and oxygen atoms in total. The molecule has 172 valence electrons. The SMILES string of the molecule is Cc1cc(C(C)N2Cc3c(ccnc3NC(=O)Cc3cocn3)C2=O)ncc1OCC(F)F. The maximum absolute atomic E-state index is 13.1. The number of oxazole rings is 1. The molecule has 0 spiro atoms. The Bertz CT molecular complexity index is 1170. The minimum Gasteiger partial charge on any atom is -0.486 e. The van der Waals surface area contributed by atoms with E-state index in [1.54, 1.807) is 24.0 Å². The number of amides is 2. The van der Waals surface area contributed by atoms with E-state index in [2.05, 4.69) is 20.3 Å². The molecular formula is C22H21F2N5O4. The zero-order chi connectivity index (χ0) is 23.5. The normalized spacial score (nSPS) is 13.8. The molecule has 0 aromatic carbocycles. The van der Waals surface area contributed by atoms with Crippen LogP contribution in [0, 0.1) is 6.92 Å². The molecule has 33 heavy (non-hydrogen) atoms.